The van der Waals surface area contributed by atoms with Crippen molar-refractivity contribution < 1.29 is 0 Å². The van der Waals surface area contributed by atoms with Gasteiger partial charge in [-0.15, -0.1) is 0 Å². The van der Waals surface area contributed by atoms with Gasteiger partial charge in [0.15, 0.2) is 17.5 Å². The number of benzene rings is 1. The highest BCUT2D eigenvalue weighted by atomic mass is 79.9. The summed E-state index contributed by atoms with van der Waals surface area (Å²) in [7, 11) is 0. The molecule has 0 saturated carbocycles. The second kappa shape index (κ2) is 9.04. The minimum absolute atomic E-state index is 0.581. The van der Waals surface area contributed by atoms with Crippen molar-refractivity contribution in [3.05, 3.63) is 90.0 Å². The summed E-state index contributed by atoms with van der Waals surface area (Å²) in [5.41, 5.74) is 2.61. The van der Waals surface area contributed by atoms with Gasteiger partial charge in [0, 0.05) is 21.2 Å². The normalized spacial score (nSPS) is 12.4. The first-order valence-electron chi connectivity index (χ1n) is 7.89. The predicted octanol–water partition coefficient (Wildman–Crippen LogP) is 6.04. The largest absolute Gasteiger partial charge is 0.208 e. The summed E-state index contributed by atoms with van der Waals surface area (Å²) in [5, 5.41) is 0. The van der Waals surface area contributed by atoms with E-state index in [4.69, 9.17) is 0 Å². The zero-order chi connectivity index (χ0) is 18.2. The molecule has 0 fully saturated rings. The topological polar surface area (TPSA) is 38.7 Å². The fraction of sp³-hybridized carbons (Fsp3) is 0.0952. The molecule has 4 heteroatoms. The van der Waals surface area contributed by atoms with Gasteiger partial charge in [0.1, 0.15) is 0 Å². The third-order valence-corrected chi connectivity index (χ3v) is 4.00. The van der Waals surface area contributed by atoms with Gasteiger partial charge in [0.25, 0.3) is 0 Å². The lowest BCUT2D eigenvalue weighted by Crippen LogP contribution is -2.04. The molecule has 2 rings (SSSR count). The quantitative estimate of drug-likeness (QED) is 0.561. The summed E-state index contributed by atoms with van der Waals surface area (Å²) in [4.78, 5) is 13.8. The van der Waals surface area contributed by atoms with E-state index in [0.717, 1.165) is 21.2 Å². The summed E-state index contributed by atoms with van der Waals surface area (Å²) in [6, 6.07) is 7.87. The fourth-order valence-electron chi connectivity index (χ4n) is 2.13. The molecule has 0 N–H and O–H groups in total. The van der Waals surface area contributed by atoms with Crippen molar-refractivity contribution in [1.82, 2.24) is 15.0 Å². The van der Waals surface area contributed by atoms with Crippen molar-refractivity contribution >= 4 is 27.1 Å². The molecule has 126 valence electrons. The van der Waals surface area contributed by atoms with Crippen LogP contribution in [0.5, 0.6) is 0 Å². The number of aromatic nitrogens is 3. The van der Waals surface area contributed by atoms with E-state index in [-0.39, 0.29) is 0 Å². The summed E-state index contributed by atoms with van der Waals surface area (Å²) in [5.74, 6) is 1.78. The minimum Gasteiger partial charge on any atom is -0.208 e. The number of hydrogen-bond acceptors (Lipinski definition) is 3. The van der Waals surface area contributed by atoms with Crippen LogP contribution in [0.2, 0.25) is 0 Å². The molecule has 1 aromatic carbocycles. The molecule has 0 spiro atoms. The van der Waals surface area contributed by atoms with Gasteiger partial charge >= 0.3 is 0 Å². The van der Waals surface area contributed by atoms with Crippen molar-refractivity contribution in [2.75, 3.05) is 0 Å². The summed E-state index contributed by atoms with van der Waals surface area (Å²) < 4.78 is 1.01. The number of hydrogen-bond donors (Lipinski definition) is 0. The van der Waals surface area contributed by atoms with Crippen molar-refractivity contribution in [2.45, 2.75) is 13.8 Å². The standard InChI is InChI=1S/C21H20BrN3/c1-5-9-10-16(8-4)20-23-19(15(6-2)7-3)24-21(25-20)17-11-13-18(22)14-12-17/h5-14H,2,4H2,1,3H3/b9-5-,15-7+,16-10+. The third kappa shape index (κ3) is 4.70. The van der Waals surface area contributed by atoms with Crippen molar-refractivity contribution in [3.63, 3.8) is 0 Å². The maximum atomic E-state index is 4.64. The molecule has 0 unspecified atom stereocenters. The highest BCUT2D eigenvalue weighted by molar-refractivity contribution is 9.10. The Bertz CT molecular complexity index is 859. The van der Waals surface area contributed by atoms with Crippen LogP contribution in [0.1, 0.15) is 25.5 Å². The van der Waals surface area contributed by atoms with Gasteiger partial charge in [0.05, 0.1) is 0 Å². The zero-order valence-corrected chi connectivity index (χ0v) is 16.0. The Morgan fingerprint density at radius 1 is 0.920 bits per heavy atom. The number of halogens is 1. The molecule has 0 bridgehead atoms. The number of nitrogens with zero attached hydrogens (tertiary/aromatic N) is 3. The molecule has 1 aromatic heterocycles. The monoisotopic (exact) mass is 393 g/mol. The Labute approximate surface area is 157 Å². The van der Waals surface area contributed by atoms with Gasteiger partial charge in [-0.3, -0.25) is 0 Å². The molecular formula is C21H20BrN3. The predicted molar refractivity (Wildman–Crippen MR) is 110 cm³/mol. The molecular weight excluding hydrogens is 374 g/mol. The van der Waals surface area contributed by atoms with Gasteiger partial charge in [-0.2, -0.15) is 0 Å². The van der Waals surface area contributed by atoms with Crippen LogP contribution in [0.3, 0.4) is 0 Å². The van der Waals surface area contributed by atoms with E-state index in [1.165, 1.54) is 0 Å². The van der Waals surface area contributed by atoms with Gasteiger partial charge in [0.2, 0.25) is 0 Å². The van der Waals surface area contributed by atoms with Crippen LogP contribution in [0.15, 0.2) is 78.4 Å². The smallest absolute Gasteiger partial charge is 0.164 e. The van der Waals surface area contributed by atoms with E-state index < -0.39 is 0 Å². The summed E-state index contributed by atoms with van der Waals surface area (Å²) in [6.45, 7) is 11.6. The van der Waals surface area contributed by atoms with Gasteiger partial charge in [-0.1, -0.05) is 77.7 Å². The molecule has 3 nitrogen and oxygen atoms in total. The zero-order valence-electron chi connectivity index (χ0n) is 14.4. The molecule has 0 aliphatic rings. The molecule has 0 atom stereocenters. The first-order valence-corrected chi connectivity index (χ1v) is 8.69. The lowest BCUT2D eigenvalue weighted by Gasteiger charge is -2.09. The average Bonchev–Trinajstić information content (AvgIpc) is 2.64. The lowest BCUT2D eigenvalue weighted by molar-refractivity contribution is 1.00. The molecule has 0 amide bonds. The Morgan fingerprint density at radius 3 is 2.04 bits per heavy atom. The SMILES string of the molecule is C=C/C(=C\C)c1nc(/C(C=C)=C/C=C\C)nc(-c2ccc(Br)cc2)n1. The van der Waals surface area contributed by atoms with Crippen LogP contribution in [-0.4, -0.2) is 15.0 Å². The average molecular weight is 394 g/mol. The second-order valence-electron chi connectivity index (χ2n) is 5.11. The van der Waals surface area contributed by atoms with Crippen molar-refractivity contribution in [1.29, 1.82) is 0 Å². The molecule has 0 aliphatic heterocycles. The summed E-state index contributed by atoms with van der Waals surface area (Å²) in [6.07, 6.45) is 11.2. The number of rotatable bonds is 6. The van der Waals surface area contributed by atoms with E-state index >= 15 is 0 Å². The Hall–Kier alpha value is -2.59. The van der Waals surface area contributed by atoms with E-state index in [1.54, 1.807) is 12.2 Å². The maximum absolute atomic E-state index is 4.64. The van der Waals surface area contributed by atoms with Crippen LogP contribution < -0.4 is 0 Å². The van der Waals surface area contributed by atoms with E-state index in [1.807, 2.05) is 62.4 Å². The van der Waals surface area contributed by atoms with Gasteiger partial charge in [-0.25, -0.2) is 15.0 Å². The maximum Gasteiger partial charge on any atom is 0.164 e. The second-order valence-corrected chi connectivity index (χ2v) is 6.03. The van der Waals surface area contributed by atoms with Gasteiger partial charge in [-0.05, 0) is 26.0 Å². The highest BCUT2D eigenvalue weighted by Crippen LogP contribution is 2.23. The van der Waals surface area contributed by atoms with Crippen LogP contribution in [0, 0.1) is 0 Å². The first-order chi connectivity index (χ1) is 12.1. The molecule has 1 heterocycles. The van der Waals surface area contributed by atoms with Crippen molar-refractivity contribution in [2.24, 2.45) is 0 Å². The lowest BCUT2D eigenvalue weighted by atomic mass is 10.1. The Balaban J connectivity index is 2.69. The minimum atomic E-state index is 0.581. The van der Waals surface area contributed by atoms with Crippen LogP contribution in [0.4, 0.5) is 0 Å². The van der Waals surface area contributed by atoms with E-state index in [0.29, 0.717) is 17.5 Å². The van der Waals surface area contributed by atoms with Crippen molar-refractivity contribution in [3.8, 4) is 11.4 Å². The third-order valence-electron chi connectivity index (χ3n) is 3.47. The van der Waals surface area contributed by atoms with Crippen LogP contribution in [0.25, 0.3) is 22.5 Å². The number of allylic oxidation sites excluding steroid dienone is 8. The molecule has 0 aliphatic carbocycles. The molecule has 0 radical (unpaired) electrons. The van der Waals surface area contributed by atoms with E-state index in [9.17, 15) is 0 Å². The first kappa shape index (κ1) is 18.7. The van der Waals surface area contributed by atoms with Crippen LogP contribution in [-0.2, 0) is 0 Å². The molecule has 0 saturated heterocycles. The summed E-state index contributed by atoms with van der Waals surface area (Å²) >= 11 is 3.45. The van der Waals surface area contributed by atoms with Crippen LogP contribution >= 0.6 is 15.9 Å². The fourth-order valence-corrected chi connectivity index (χ4v) is 2.40. The molecule has 2 aromatic rings. The Morgan fingerprint density at radius 2 is 1.52 bits per heavy atom. The van der Waals surface area contributed by atoms with Gasteiger partial charge < -0.3 is 0 Å². The van der Waals surface area contributed by atoms with E-state index in [2.05, 4.69) is 44.0 Å². The molecule has 25 heavy (non-hydrogen) atoms. The Kier molecular flexibility index (Phi) is 6.78. The highest BCUT2D eigenvalue weighted by Gasteiger charge is 2.12.